The molecule has 0 saturated heterocycles. The molecule has 94 valence electrons. The maximum atomic E-state index is 11.3. The number of nitrogens with zero attached hydrogens (tertiary/aromatic N) is 1. The van der Waals surface area contributed by atoms with E-state index in [1.807, 2.05) is 14.1 Å². The summed E-state index contributed by atoms with van der Waals surface area (Å²) in [6.45, 7) is 5.94. The van der Waals surface area contributed by atoms with Gasteiger partial charge in [-0.15, -0.1) is 0 Å². The molecule has 0 unspecified atom stereocenters. The second-order valence-corrected chi connectivity index (χ2v) is 5.53. The summed E-state index contributed by atoms with van der Waals surface area (Å²) in [5.41, 5.74) is -0.648. The molecule has 1 aliphatic rings. The average Bonchev–Trinajstić information content (AvgIpc) is 2.06. The van der Waals surface area contributed by atoms with Crippen molar-refractivity contribution in [3.05, 3.63) is 0 Å². The highest BCUT2D eigenvalue weighted by molar-refractivity contribution is 5.80. The van der Waals surface area contributed by atoms with E-state index < -0.39 is 11.5 Å². The Bertz CT molecular complexity index is 245. The van der Waals surface area contributed by atoms with Crippen LogP contribution in [0.15, 0.2) is 0 Å². The summed E-state index contributed by atoms with van der Waals surface area (Å²) in [5, 5.41) is 12.5. The topological polar surface area (TPSA) is 52.6 Å². The third kappa shape index (κ3) is 2.95. The van der Waals surface area contributed by atoms with Crippen molar-refractivity contribution in [3.63, 3.8) is 0 Å². The fourth-order valence-electron chi connectivity index (χ4n) is 2.22. The highest BCUT2D eigenvalue weighted by atomic mass is 16.4. The van der Waals surface area contributed by atoms with E-state index in [4.69, 9.17) is 0 Å². The molecule has 1 rings (SSSR count). The van der Waals surface area contributed by atoms with Gasteiger partial charge in [-0.3, -0.25) is 4.79 Å². The maximum Gasteiger partial charge on any atom is 0.323 e. The number of aliphatic carboxylic acids is 1. The molecule has 0 bridgehead atoms. The van der Waals surface area contributed by atoms with Crippen LogP contribution in [0.2, 0.25) is 0 Å². The summed E-state index contributed by atoms with van der Waals surface area (Å²) in [6.07, 6.45) is 1.54. The number of nitrogens with one attached hydrogen (secondary N) is 1. The van der Waals surface area contributed by atoms with Crippen molar-refractivity contribution >= 4 is 5.97 Å². The van der Waals surface area contributed by atoms with E-state index in [-0.39, 0.29) is 0 Å². The van der Waals surface area contributed by atoms with Crippen molar-refractivity contribution in [2.75, 3.05) is 27.2 Å². The molecular formula is C12H24N2O2. The Labute approximate surface area is 98.0 Å². The Kier molecular flexibility index (Phi) is 4.33. The van der Waals surface area contributed by atoms with E-state index in [2.05, 4.69) is 24.1 Å². The van der Waals surface area contributed by atoms with E-state index in [1.165, 1.54) is 0 Å². The molecule has 0 atom stereocenters. The molecule has 0 radical (unpaired) electrons. The lowest BCUT2D eigenvalue weighted by Gasteiger charge is -2.47. The first-order valence-corrected chi connectivity index (χ1v) is 6.00. The molecule has 0 amide bonds. The smallest absolute Gasteiger partial charge is 0.323 e. The van der Waals surface area contributed by atoms with Crippen LogP contribution in [0.5, 0.6) is 0 Å². The Hall–Kier alpha value is -0.610. The summed E-state index contributed by atoms with van der Waals surface area (Å²) in [5.74, 6) is 0.453. The van der Waals surface area contributed by atoms with Gasteiger partial charge in [-0.05, 0) is 38.8 Å². The van der Waals surface area contributed by atoms with Gasteiger partial charge in [0.05, 0.1) is 0 Å². The van der Waals surface area contributed by atoms with Gasteiger partial charge in [-0.1, -0.05) is 13.8 Å². The minimum absolute atomic E-state index is 0.558. The van der Waals surface area contributed by atoms with Crippen LogP contribution in [0.1, 0.15) is 26.7 Å². The molecule has 1 fully saturated rings. The number of rotatable bonds is 6. The van der Waals surface area contributed by atoms with Gasteiger partial charge in [0, 0.05) is 13.1 Å². The molecule has 0 aromatic rings. The maximum absolute atomic E-state index is 11.3. The first-order chi connectivity index (χ1) is 7.37. The van der Waals surface area contributed by atoms with Crippen molar-refractivity contribution in [2.24, 2.45) is 11.8 Å². The van der Waals surface area contributed by atoms with Gasteiger partial charge in [0.15, 0.2) is 0 Å². The number of carboxylic acid groups (broad SMARTS) is 1. The SMILES string of the molecule is CC(C)C1CC(NCCN(C)C)(C(=O)O)C1. The first kappa shape index (κ1) is 13.5. The predicted molar refractivity (Wildman–Crippen MR) is 64.5 cm³/mol. The van der Waals surface area contributed by atoms with Crippen LogP contribution in [0, 0.1) is 11.8 Å². The van der Waals surface area contributed by atoms with Gasteiger partial charge < -0.3 is 15.3 Å². The Morgan fingerprint density at radius 3 is 2.44 bits per heavy atom. The van der Waals surface area contributed by atoms with Crippen molar-refractivity contribution in [1.29, 1.82) is 0 Å². The predicted octanol–water partition coefficient (Wildman–Crippen LogP) is 1.03. The standard InChI is InChI=1S/C12H24N2O2/c1-9(2)10-7-12(8-10,11(15)16)13-5-6-14(3)4/h9-10,13H,5-8H2,1-4H3,(H,15,16). The highest BCUT2D eigenvalue weighted by Crippen LogP contribution is 2.42. The van der Waals surface area contributed by atoms with Crippen molar-refractivity contribution in [2.45, 2.75) is 32.2 Å². The van der Waals surface area contributed by atoms with Gasteiger partial charge >= 0.3 is 5.97 Å². The van der Waals surface area contributed by atoms with Gasteiger partial charge in [-0.25, -0.2) is 0 Å². The summed E-state index contributed by atoms with van der Waals surface area (Å²) in [6, 6.07) is 0. The molecule has 0 aromatic carbocycles. The molecule has 1 saturated carbocycles. The van der Waals surface area contributed by atoms with Crippen LogP contribution in [0.3, 0.4) is 0 Å². The zero-order chi connectivity index (χ0) is 12.3. The number of carboxylic acids is 1. The number of carbonyl (C=O) groups is 1. The Morgan fingerprint density at radius 2 is 2.06 bits per heavy atom. The number of hydrogen-bond donors (Lipinski definition) is 2. The lowest BCUT2D eigenvalue weighted by atomic mass is 9.64. The summed E-state index contributed by atoms with van der Waals surface area (Å²) in [7, 11) is 3.99. The van der Waals surface area contributed by atoms with E-state index in [0.29, 0.717) is 11.8 Å². The zero-order valence-corrected chi connectivity index (χ0v) is 10.8. The van der Waals surface area contributed by atoms with E-state index in [9.17, 15) is 9.90 Å². The minimum atomic E-state index is -0.692. The fraction of sp³-hybridized carbons (Fsp3) is 0.917. The number of hydrogen-bond acceptors (Lipinski definition) is 3. The second kappa shape index (κ2) is 5.15. The fourth-order valence-corrected chi connectivity index (χ4v) is 2.22. The summed E-state index contributed by atoms with van der Waals surface area (Å²) < 4.78 is 0. The van der Waals surface area contributed by atoms with Gasteiger partial charge in [0.2, 0.25) is 0 Å². The molecule has 16 heavy (non-hydrogen) atoms. The minimum Gasteiger partial charge on any atom is -0.480 e. The molecule has 1 aliphatic carbocycles. The molecule has 0 aliphatic heterocycles. The van der Waals surface area contributed by atoms with Crippen LogP contribution in [-0.4, -0.2) is 48.7 Å². The van der Waals surface area contributed by atoms with E-state index >= 15 is 0 Å². The first-order valence-electron chi connectivity index (χ1n) is 6.00. The van der Waals surface area contributed by atoms with E-state index in [1.54, 1.807) is 0 Å². The molecule has 2 N–H and O–H groups in total. The lowest BCUT2D eigenvalue weighted by Crippen LogP contribution is -2.62. The van der Waals surface area contributed by atoms with E-state index in [0.717, 1.165) is 25.9 Å². The second-order valence-electron chi connectivity index (χ2n) is 5.53. The van der Waals surface area contributed by atoms with Crippen LogP contribution in [-0.2, 0) is 4.79 Å². The van der Waals surface area contributed by atoms with Crippen molar-refractivity contribution in [1.82, 2.24) is 10.2 Å². The quantitative estimate of drug-likeness (QED) is 0.713. The zero-order valence-electron chi connectivity index (χ0n) is 10.8. The van der Waals surface area contributed by atoms with Crippen molar-refractivity contribution in [3.8, 4) is 0 Å². The van der Waals surface area contributed by atoms with Crippen molar-refractivity contribution < 1.29 is 9.90 Å². The van der Waals surface area contributed by atoms with Crippen LogP contribution in [0.4, 0.5) is 0 Å². The lowest BCUT2D eigenvalue weighted by molar-refractivity contribution is -0.152. The normalized spacial score (nSPS) is 29.5. The van der Waals surface area contributed by atoms with Gasteiger partial charge in [-0.2, -0.15) is 0 Å². The molecule has 0 heterocycles. The number of likely N-dealkylation sites (N-methyl/N-ethyl adjacent to an activating group) is 1. The van der Waals surface area contributed by atoms with Crippen LogP contribution in [0.25, 0.3) is 0 Å². The molecule has 4 nitrogen and oxygen atoms in total. The molecule has 0 spiro atoms. The third-order valence-corrected chi connectivity index (χ3v) is 3.60. The van der Waals surface area contributed by atoms with Gasteiger partial charge in [0.25, 0.3) is 0 Å². The summed E-state index contributed by atoms with van der Waals surface area (Å²) in [4.78, 5) is 13.3. The van der Waals surface area contributed by atoms with Gasteiger partial charge in [0.1, 0.15) is 5.54 Å². The van der Waals surface area contributed by atoms with Crippen LogP contribution < -0.4 is 5.32 Å². The molecule has 4 heteroatoms. The monoisotopic (exact) mass is 228 g/mol. The molecular weight excluding hydrogens is 204 g/mol. The highest BCUT2D eigenvalue weighted by Gasteiger charge is 2.50. The Balaban J connectivity index is 2.42. The third-order valence-electron chi connectivity index (χ3n) is 3.60. The Morgan fingerprint density at radius 1 is 1.50 bits per heavy atom. The molecule has 0 aromatic heterocycles. The summed E-state index contributed by atoms with van der Waals surface area (Å²) >= 11 is 0. The average molecular weight is 228 g/mol. The largest absolute Gasteiger partial charge is 0.480 e. The van der Waals surface area contributed by atoms with Crippen LogP contribution >= 0.6 is 0 Å².